The number of H-pyrrole nitrogens is 1. The summed E-state index contributed by atoms with van der Waals surface area (Å²) in [5, 5.41) is 0. The zero-order valence-corrected chi connectivity index (χ0v) is 12.6. The van der Waals surface area contributed by atoms with Gasteiger partial charge >= 0.3 is 6.18 Å². The summed E-state index contributed by atoms with van der Waals surface area (Å²) in [5.41, 5.74) is -1.06. The van der Waals surface area contributed by atoms with Crippen LogP contribution in [0.4, 0.5) is 13.2 Å². The van der Waals surface area contributed by atoms with Crippen LogP contribution >= 0.6 is 0 Å². The Bertz CT molecular complexity index is 639. The summed E-state index contributed by atoms with van der Waals surface area (Å²) in [6.07, 6.45) is -0.483. The summed E-state index contributed by atoms with van der Waals surface area (Å²) in [4.78, 5) is 1.66. The molecule has 1 saturated carbocycles. The van der Waals surface area contributed by atoms with E-state index in [1.807, 2.05) is 4.98 Å². The second kappa shape index (κ2) is 5.54. The summed E-state index contributed by atoms with van der Waals surface area (Å²) in [5.74, 6) is 0. The summed E-state index contributed by atoms with van der Waals surface area (Å²) in [6, 6.07) is 0.375. The lowest BCUT2D eigenvalue weighted by Gasteiger charge is -2.42. The van der Waals surface area contributed by atoms with Gasteiger partial charge in [0.25, 0.3) is 0 Å². The van der Waals surface area contributed by atoms with Crippen molar-refractivity contribution < 1.29 is 26.3 Å². The van der Waals surface area contributed by atoms with E-state index in [9.17, 15) is 21.6 Å². The van der Waals surface area contributed by atoms with Crippen LogP contribution in [-0.2, 0) is 20.9 Å². The molecule has 0 amide bonds. The monoisotopic (exact) mass is 338 g/mol. The number of hydrogen-bond donors (Lipinski definition) is 1. The molecule has 1 N–H and O–H groups in total. The van der Waals surface area contributed by atoms with Gasteiger partial charge in [-0.25, -0.2) is 8.42 Å². The number of sulfonamides is 1. The zero-order chi connectivity index (χ0) is 16.0. The summed E-state index contributed by atoms with van der Waals surface area (Å²) < 4.78 is 70.2. The van der Waals surface area contributed by atoms with E-state index in [0.29, 0.717) is 12.5 Å². The van der Waals surface area contributed by atoms with Crippen LogP contribution in [0.15, 0.2) is 17.2 Å². The summed E-state index contributed by atoms with van der Waals surface area (Å²) >= 11 is 0. The SMILES string of the molecule is O=S(=O)(c1c[nH]c(C(F)(F)F)c1)N1CCO[C@@H]2CCCC[C@H]21. The molecule has 0 bridgehead atoms. The highest BCUT2D eigenvalue weighted by molar-refractivity contribution is 7.89. The largest absolute Gasteiger partial charge is 0.431 e. The van der Waals surface area contributed by atoms with E-state index in [1.54, 1.807) is 0 Å². The molecule has 0 radical (unpaired) electrons. The fourth-order valence-corrected chi connectivity index (χ4v) is 4.84. The van der Waals surface area contributed by atoms with Crippen molar-refractivity contribution in [2.45, 2.75) is 48.9 Å². The number of nitrogens with one attached hydrogen (secondary N) is 1. The molecule has 2 aliphatic rings. The Kier molecular flexibility index (Phi) is 3.98. The van der Waals surface area contributed by atoms with Crippen molar-refractivity contribution in [3.8, 4) is 0 Å². The standard InChI is InChI=1S/C13H17F3N2O3S/c14-13(15,16)12-7-9(8-17-12)22(19,20)18-5-6-21-11-4-2-1-3-10(11)18/h7-8,10-11,17H,1-6H2/t10-,11-/m1/s1. The van der Waals surface area contributed by atoms with Crippen molar-refractivity contribution in [3.63, 3.8) is 0 Å². The molecule has 2 fully saturated rings. The molecule has 2 heterocycles. The molecule has 0 unspecified atom stereocenters. The van der Waals surface area contributed by atoms with Crippen molar-refractivity contribution in [2.24, 2.45) is 0 Å². The molecule has 5 nitrogen and oxygen atoms in total. The molecule has 1 saturated heterocycles. The predicted octanol–water partition coefficient (Wildman–Crippen LogP) is 2.37. The molecule has 1 aliphatic carbocycles. The van der Waals surface area contributed by atoms with E-state index in [2.05, 4.69) is 0 Å². The lowest BCUT2D eigenvalue weighted by molar-refractivity contribution is -0.140. The minimum absolute atomic E-state index is 0.154. The summed E-state index contributed by atoms with van der Waals surface area (Å²) in [7, 11) is -3.95. The number of nitrogens with zero attached hydrogens (tertiary/aromatic N) is 1. The number of fused-ring (bicyclic) bond motifs is 1. The average molecular weight is 338 g/mol. The highest BCUT2D eigenvalue weighted by Gasteiger charge is 2.42. The third-order valence-electron chi connectivity index (χ3n) is 4.25. The Morgan fingerprint density at radius 1 is 1.27 bits per heavy atom. The van der Waals surface area contributed by atoms with E-state index in [-0.39, 0.29) is 30.2 Å². The number of halogens is 3. The fraction of sp³-hybridized carbons (Fsp3) is 0.692. The van der Waals surface area contributed by atoms with E-state index in [0.717, 1.165) is 25.5 Å². The maximum absolute atomic E-state index is 12.7. The van der Waals surface area contributed by atoms with Crippen LogP contribution in [0.2, 0.25) is 0 Å². The third kappa shape index (κ3) is 2.77. The highest BCUT2D eigenvalue weighted by Crippen LogP contribution is 2.34. The van der Waals surface area contributed by atoms with Gasteiger partial charge in [-0.3, -0.25) is 0 Å². The van der Waals surface area contributed by atoms with E-state index in [4.69, 9.17) is 4.74 Å². The fourth-order valence-electron chi connectivity index (χ4n) is 3.18. The number of aromatic nitrogens is 1. The zero-order valence-electron chi connectivity index (χ0n) is 11.8. The number of ether oxygens (including phenoxy) is 1. The van der Waals surface area contributed by atoms with E-state index in [1.165, 1.54) is 4.31 Å². The van der Waals surface area contributed by atoms with Gasteiger partial charge in [0.2, 0.25) is 10.0 Å². The lowest BCUT2D eigenvalue weighted by atomic mass is 9.91. The molecule has 1 aromatic heterocycles. The van der Waals surface area contributed by atoms with Gasteiger partial charge in [0.1, 0.15) is 10.6 Å². The number of alkyl halides is 3. The van der Waals surface area contributed by atoms with Crippen molar-refractivity contribution in [1.29, 1.82) is 0 Å². The van der Waals surface area contributed by atoms with Gasteiger partial charge in [0.05, 0.1) is 18.8 Å². The van der Waals surface area contributed by atoms with E-state index >= 15 is 0 Å². The number of hydrogen-bond acceptors (Lipinski definition) is 3. The molecular formula is C13H17F3N2O3S. The average Bonchev–Trinajstić information content (AvgIpc) is 2.97. The Morgan fingerprint density at radius 3 is 2.68 bits per heavy atom. The maximum Gasteiger partial charge on any atom is 0.431 e. The first kappa shape index (κ1) is 15.8. The highest BCUT2D eigenvalue weighted by atomic mass is 32.2. The first-order valence-corrected chi connectivity index (χ1v) is 8.63. The minimum Gasteiger partial charge on any atom is -0.375 e. The number of rotatable bonds is 2. The molecular weight excluding hydrogens is 321 g/mol. The normalized spacial score (nSPS) is 27.6. The molecule has 1 aliphatic heterocycles. The first-order chi connectivity index (χ1) is 10.3. The van der Waals surface area contributed by atoms with Crippen molar-refractivity contribution in [1.82, 2.24) is 9.29 Å². The molecule has 0 spiro atoms. The van der Waals surface area contributed by atoms with Crippen LogP contribution in [0.25, 0.3) is 0 Å². The second-order valence-electron chi connectivity index (χ2n) is 5.62. The van der Waals surface area contributed by atoms with Crippen molar-refractivity contribution in [3.05, 3.63) is 18.0 Å². The quantitative estimate of drug-likeness (QED) is 0.900. The first-order valence-electron chi connectivity index (χ1n) is 7.19. The third-order valence-corrected chi connectivity index (χ3v) is 6.15. The topological polar surface area (TPSA) is 62.4 Å². The van der Waals surface area contributed by atoms with Gasteiger partial charge in [0.15, 0.2) is 0 Å². The number of aromatic amines is 1. The van der Waals surface area contributed by atoms with Gasteiger partial charge in [-0.1, -0.05) is 12.8 Å². The molecule has 2 atom stereocenters. The Balaban J connectivity index is 1.90. The Hall–Kier alpha value is -1.06. The molecule has 9 heteroatoms. The Morgan fingerprint density at radius 2 is 2.00 bits per heavy atom. The molecule has 22 heavy (non-hydrogen) atoms. The number of morpholine rings is 1. The molecule has 1 aromatic rings. The summed E-state index contributed by atoms with van der Waals surface area (Å²) in [6.45, 7) is 0.451. The van der Waals surface area contributed by atoms with Crippen molar-refractivity contribution >= 4 is 10.0 Å². The van der Waals surface area contributed by atoms with Crippen LogP contribution in [-0.4, -0.2) is 43.0 Å². The van der Waals surface area contributed by atoms with Crippen LogP contribution in [0, 0.1) is 0 Å². The van der Waals surface area contributed by atoms with Gasteiger partial charge in [-0.2, -0.15) is 17.5 Å². The smallest absolute Gasteiger partial charge is 0.375 e. The molecule has 0 aromatic carbocycles. The van der Waals surface area contributed by atoms with Gasteiger partial charge < -0.3 is 9.72 Å². The van der Waals surface area contributed by atoms with Crippen LogP contribution in [0.1, 0.15) is 31.4 Å². The maximum atomic E-state index is 12.7. The lowest BCUT2D eigenvalue weighted by Crippen LogP contribution is -2.54. The minimum atomic E-state index is -4.59. The van der Waals surface area contributed by atoms with Crippen LogP contribution in [0.5, 0.6) is 0 Å². The predicted molar refractivity (Wildman–Crippen MR) is 71.7 cm³/mol. The Labute approximate surface area is 126 Å². The van der Waals surface area contributed by atoms with E-state index < -0.39 is 21.9 Å². The van der Waals surface area contributed by atoms with Gasteiger partial charge in [-0.05, 0) is 18.9 Å². The molecule has 124 valence electrons. The van der Waals surface area contributed by atoms with Crippen LogP contribution in [0.3, 0.4) is 0 Å². The van der Waals surface area contributed by atoms with Gasteiger partial charge in [-0.15, -0.1) is 0 Å². The second-order valence-corrected chi connectivity index (χ2v) is 7.51. The van der Waals surface area contributed by atoms with Crippen LogP contribution < -0.4 is 0 Å². The molecule has 3 rings (SSSR count). The van der Waals surface area contributed by atoms with Gasteiger partial charge in [0, 0.05) is 12.7 Å². The van der Waals surface area contributed by atoms with Crippen molar-refractivity contribution in [2.75, 3.05) is 13.2 Å².